The number of aryl methyl sites for hydroxylation is 2. The first kappa shape index (κ1) is 17.2. The van der Waals surface area contributed by atoms with Crippen LogP contribution in [0.15, 0.2) is 46.5 Å². The van der Waals surface area contributed by atoms with Gasteiger partial charge in [0.1, 0.15) is 5.40 Å². The number of nitrogens with zero attached hydrogens (tertiary/aromatic N) is 2. The molecular weight excluding hydrogens is 330 g/mol. The number of thiocyanates is 1. The number of carbonyl (C=O) groups excluding carboxylic acids is 1. The number of rotatable bonds is 5. The summed E-state index contributed by atoms with van der Waals surface area (Å²) in [7, 11) is 0. The van der Waals surface area contributed by atoms with Gasteiger partial charge in [0, 0.05) is 22.7 Å². The summed E-state index contributed by atoms with van der Waals surface area (Å²) in [6.07, 6.45) is 1.40. The molecule has 0 aliphatic heterocycles. The highest BCUT2D eigenvalue weighted by Crippen LogP contribution is 2.27. The van der Waals surface area contributed by atoms with E-state index >= 15 is 0 Å². The molecule has 1 amide bonds. The minimum absolute atomic E-state index is 0.153. The van der Waals surface area contributed by atoms with Crippen molar-refractivity contribution in [3.63, 3.8) is 0 Å². The molecule has 0 saturated carbocycles. The van der Waals surface area contributed by atoms with E-state index in [1.54, 1.807) is 18.2 Å². The Kier molecular flexibility index (Phi) is 5.90. The molecule has 23 heavy (non-hydrogen) atoms. The lowest BCUT2D eigenvalue weighted by Crippen LogP contribution is -2.28. The van der Waals surface area contributed by atoms with Gasteiger partial charge in [0.15, 0.2) is 6.20 Å². The summed E-state index contributed by atoms with van der Waals surface area (Å²) in [5.41, 5.74) is 2.56. The van der Waals surface area contributed by atoms with Gasteiger partial charge < -0.3 is 10.5 Å². The van der Waals surface area contributed by atoms with Gasteiger partial charge in [-0.1, -0.05) is 0 Å². The predicted octanol–water partition coefficient (Wildman–Crippen LogP) is 3.24. The Hall–Kier alpha value is -2.17. The van der Waals surface area contributed by atoms with Crippen LogP contribution in [-0.4, -0.2) is 11.7 Å². The second-order valence-electron chi connectivity index (χ2n) is 4.83. The van der Waals surface area contributed by atoms with E-state index in [9.17, 15) is 10.0 Å². The highest BCUT2D eigenvalue weighted by Gasteiger charge is 2.12. The average molecular weight is 345 g/mol. The lowest BCUT2D eigenvalue weighted by Gasteiger charge is -2.12. The molecule has 0 radical (unpaired) electrons. The van der Waals surface area contributed by atoms with Crippen LogP contribution in [0.2, 0.25) is 0 Å². The van der Waals surface area contributed by atoms with E-state index in [1.165, 1.54) is 18.0 Å². The molecule has 1 N–H and O–H groups in total. The van der Waals surface area contributed by atoms with E-state index in [1.807, 2.05) is 31.4 Å². The third kappa shape index (κ3) is 4.65. The summed E-state index contributed by atoms with van der Waals surface area (Å²) in [5, 5.41) is 25.7. The quantitative estimate of drug-likeness (QED) is 0.389. The van der Waals surface area contributed by atoms with Crippen molar-refractivity contribution in [2.45, 2.75) is 23.8 Å². The van der Waals surface area contributed by atoms with Crippen molar-refractivity contribution in [2.24, 2.45) is 0 Å². The standard InChI is InChI=1S/C16H15N3O2S2/c1-11-7-13(23-10-17)8-12(2)16(11)18-14(20)9-22-15-5-3-4-6-19(15)21/h3-8H,9H2,1-2H3,(H,18,20). The number of carbonyl (C=O) groups is 1. The molecule has 2 rings (SSSR count). The van der Waals surface area contributed by atoms with Gasteiger partial charge in [0.2, 0.25) is 5.91 Å². The van der Waals surface area contributed by atoms with Gasteiger partial charge in [-0.15, -0.1) is 0 Å². The number of aromatic nitrogens is 1. The lowest BCUT2D eigenvalue weighted by molar-refractivity contribution is -0.645. The summed E-state index contributed by atoms with van der Waals surface area (Å²) in [6.45, 7) is 3.78. The van der Waals surface area contributed by atoms with Crippen molar-refractivity contribution in [3.05, 3.63) is 52.9 Å². The number of amides is 1. The second kappa shape index (κ2) is 7.90. The van der Waals surface area contributed by atoms with Crippen LogP contribution in [-0.2, 0) is 4.79 Å². The summed E-state index contributed by atoms with van der Waals surface area (Å²) in [4.78, 5) is 13.0. The molecular formula is C16H15N3O2S2. The Morgan fingerprint density at radius 3 is 2.65 bits per heavy atom. The molecule has 2 aromatic rings. The molecule has 0 bridgehead atoms. The van der Waals surface area contributed by atoms with E-state index in [-0.39, 0.29) is 11.7 Å². The van der Waals surface area contributed by atoms with E-state index in [4.69, 9.17) is 5.26 Å². The van der Waals surface area contributed by atoms with Gasteiger partial charge in [-0.05, 0) is 66.7 Å². The zero-order valence-electron chi connectivity index (χ0n) is 12.7. The highest BCUT2D eigenvalue weighted by molar-refractivity contribution is 8.03. The molecule has 5 nitrogen and oxygen atoms in total. The molecule has 1 aromatic heterocycles. The number of thioether (sulfide) groups is 2. The topological polar surface area (TPSA) is 79.8 Å². The minimum Gasteiger partial charge on any atom is -0.618 e. The van der Waals surface area contributed by atoms with Crippen molar-refractivity contribution in [2.75, 3.05) is 11.1 Å². The molecule has 0 aliphatic carbocycles. The van der Waals surface area contributed by atoms with Gasteiger partial charge in [0.25, 0.3) is 5.03 Å². The first-order valence-corrected chi connectivity index (χ1v) is 8.59. The van der Waals surface area contributed by atoms with Crippen LogP contribution in [0, 0.1) is 29.7 Å². The van der Waals surface area contributed by atoms with Crippen LogP contribution in [0.25, 0.3) is 0 Å². The van der Waals surface area contributed by atoms with Crippen LogP contribution in [0.5, 0.6) is 0 Å². The summed E-state index contributed by atoms with van der Waals surface area (Å²) in [5.74, 6) is -0.0226. The molecule has 0 unspecified atom stereocenters. The number of hydrogen-bond donors (Lipinski definition) is 1. The Bertz CT molecular complexity index is 749. The van der Waals surface area contributed by atoms with Crippen molar-refractivity contribution < 1.29 is 9.52 Å². The predicted molar refractivity (Wildman–Crippen MR) is 92.1 cm³/mol. The zero-order chi connectivity index (χ0) is 16.8. The molecule has 7 heteroatoms. The number of nitriles is 1. The van der Waals surface area contributed by atoms with E-state index in [2.05, 4.69) is 5.32 Å². The average Bonchev–Trinajstić information content (AvgIpc) is 2.50. The molecule has 0 atom stereocenters. The Balaban J connectivity index is 2.03. The number of hydrogen-bond acceptors (Lipinski definition) is 5. The smallest absolute Gasteiger partial charge is 0.251 e. The summed E-state index contributed by atoms with van der Waals surface area (Å²) < 4.78 is 0.738. The van der Waals surface area contributed by atoms with Crippen LogP contribution in [0.1, 0.15) is 11.1 Å². The number of anilines is 1. The fourth-order valence-electron chi connectivity index (χ4n) is 2.07. The molecule has 0 saturated heterocycles. The number of pyridine rings is 1. The third-order valence-corrected chi connectivity index (χ3v) is 4.65. The maximum Gasteiger partial charge on any atom is 0.251 e. The number of benzene rings is 1. The second-order valence-corrected chi connectivity index (χ2v) is 6.68. The van der Waals surface area contributed by atoms with Crippen LogP contribution < -0.4 is 10.0 Å². The third-order valence-electron chi connectivity index (χ3n) is 3.07. The monoisotopic (exact) mass is 345 g/mol. The Labute approximate surface area is 143 Å². The van der Waals surface area contributed by atoms with Crippen molar-refractivity contribution in [1.82, 2.24) is 0 Å². The normalized spacial score (nSPS) is 10.1. The minimum atomic E-state index is -0.175. The van der Waals surface area contributed by atoms with E-state index in [0.717, 1.165) is 38.2 Å². The fourth-order valence-corrected chi connectivity index (χ4v) is 3.36. The highest BCUT2D eigenvalue weighted by atomic mass is 32.2. The first-order valence-electron chi connectivity index (χ1n) is 6.79. The fraction of sp³-hybridized carbons (Fsp3) is 0.188. The molecule has 0 aliphatic rings. The molecule has 1 heterocycles. The van der Waals surface area contributed by atoms with Gasteiger partial charge in [-0.25, -0.2) is 0 Å². The first-order chi connectivity index (χ1) is 11.0. The van der Waals surface area contributed by atoms with E-state index < -0.39 is 0 Å². The van der Waals surface area contributed by atoms with Crippen LogP contribution >= 0.6 is 23.5 Å². The SMILES string of the molecule is Cc1cc(SC#N)cc(C)c1NC(=O)CSc1cccc[n+]1[O-]. The van der Waals surface area contributed by atoms with Crippen molar-refractivity contribution >= 4 is 35.1 Å². The molecule has 1 aromatic carbocycles. The Morgan fingerprint density at radius 2 is 2.04 bits per heavy atom. The van der Waals surface area contributed by atoms with Crippen LogP contribution in [0.4, 0.5) is 5.69 Å². The molecule has 0 spiro atoms. The summed E-state index contributed by atoms with van der Waals surface area (Å²) >= 11 is 2.28. The van der Waals surface area contributed by atoms with Gasteiger partial charge in [-0.2, -0.15) is 9.99 Å². The van der Waals surface area contributed by atoms with Gasteiger partial charge in [-0.3, -0.25) is 4.79 Å². The van der Waals surface area contributed by atoms with Crippen molar-refractivity contribution in [1.29, 1.82) is 5.26 Å². The zero-order valence-corrected chi connectivity index (χ0v) is 14.3. The van der Waals surface area contributed by atoms with E-state index in [0.29, 0.717) is 5.03 Å². The van der Waals surface area contributed by atoms with Gasteiger partial charge >= 0.3 is 0 Å². The Morgan fingerprint density at radius 1 is 1.35 bits per heavy atom. The van der Waals surface area contributed by atoms with Crippen LogP contribution in [0.3, 0.4) is 0 Å². The largest absolute Gasteiger partial charge is 0.618 e. The maximum absolute atomic E-state index is 12.1. The van der Waals surface area contributed by atoms with Crippen molar-refractivity contribution in [3.8, 4) is 5.40 Å². The maximum atomic E-state index is 12.1. The summed E-state index contributed by atoms with van der Waals surface area (Å²) in [6, 6.07) is 8.81. The van der Waals surface area contributed by atoms with Gasteiger partial charge in [0.05, 0.1) is 5.75 Å². The lowest BCUT2D eigenvalue weighted by atomic mass is 10.1. The molecule has 0 fully saturated rings. The molecule has 118 valence electrons. The number of nitrogens with one attached hydrogen (secondary N) is 1.